The second-order valence-corrected chi connectivity index (χ2v) is 10.2. The first-order chi connectivity index (χ1) is 13.9. The fourth-order valence-corrected chi connectivity index (χ4v) is 5.24. The number of carboxylic acids is 1. The van der Waals surface area contributed by atoms with Gasteiger partial charge < -0.3 is 5.11 Å². The van der Waals surface area contributed by atoms with Crippen LogP contribution in [0.4, 0.5) is 0 Å². The van der Waals surface area contributed by atoms with E-state index in [9.17, 15) is 4.79 Å². The molecule has 0 aliphatic rings. The average Bonchev–Trinajstić information content (AvgIpc) is 3.30. The summed E-state index contributed by atoms with van der Waals surface area (Å²) in [5.74, 6) is -0.981. The van der Waals surface area contributed by atoms with Gasteiger partial charge in [-0.25, -0.2) is 19.6 Å². The largest absolute Gasteiger partial charge is 0.481 e. The average molecular weight is 621 g/mol. The molecule has 0 aliphatic carbocycles. The smallest absolute Gasteiger partial charge is 0.313 e. The highest BCUT2D eigenvalue weighted by Crippen LogP contribution is 2.33. The molecule has 3 heterocycles. The number of hydrogen-bond acceptors (Lipinski definition) is 8. The van der Waals surface area contributed by atoms with Gasteiger partial charge in [0, 0.05) is 13.4 Å². The van der Waals surface area contributed by atoms with Gasteiger partial charge in [-0.1, -0.05) is 28.3 Å². The summed E-state index contributed by atoms with van der Waals surface area (Å²) in [5.41, 5.74) is 2.15. The Balaban J connectivity index is 1.56. The lowest BCUT2D eigenvalue weighted by molar-refractivity contribution is -0.133. The third-order valence-electron chi connectivity index (χ3n) is 3.59. The first-order valence-corrected chi connectivity index (χ1v) is 12.1. The molecule has 0 saturated heterocycles. The van der Waals surface area contributed by atoms with Crippen LogP contribution in [0.15, 0.2) is 43.0 Å². The maximum absolute atomic E-state index is 10.7. The number of thioether (sulfide) groups is 1. The molecule has 0 amide bonds. The van der Waals surface area contributed by atoms with E-state index in [2.05, 4.69) is 73.1 Å². The molecule has 8 nitrogen and oxygen atoms in total. The highest BCUT2D eigenvalue weighted by atomic mass is 79.9. The van der Waals surface area contributed by atoms with E-state index in [0.717, 1.165) is 30.7 Å². The number of nitrogens with zero attached hydrogens (tertiary/aromatic N) is 6. The summed E-state index contributed by atoms with van der Waals surface area (Å²) in [7, 11) is 0. The Labute approximate surface area is 197 Å². The molecule has 0 aliphatic heterocycles. The Kier molecular flexibility index (Phi) is 6.30. The van der Waals surface area contributed by atoms with Crippen molar-refractivity contribution in [2.45, 2.75) is 11.6 Å². The van der Waals surface area contributed by atoms with Crippen molar-refractivity contribution in [1.29, 1.82) is 0 Å². The molecule has 0 fully saturated rings. The lowest BCUT2D eigenvalue weighted by Crippen LogP contribution is -2.00. The lowest BCUT2D eigenvalue weighted by Gasteiger charge is -2.05. The lowest BCUT2D eigenvalue weighted by atomic mass is 10.2. The number of rotatable bonds is 6. The van der Waals surface area contributed by atoms with Crippen LogP contribution in [-0.2, 0) is 11.3 Å². The fraction of sp³-hybridized carbons (Fsp3) is 0.125. The minimum absolute atomic E-state index is 0.0756. The first kappa shape index (κ1) is 20.8. The van der Waals surface area contributed by atoms with Gasteiger partial charge in [-0.05, 0) is 65.5 Å². The minimum atomic E-state index is -0.905. The predicted octanol–water partition coefficient (Wildman–Crippen LogP) is 4.86. The van der Waals surface area contributed by atoms with Crippen molar-refractivity contribution in [2.75, 3.05) is 5.75 Å². The Morgan fingerprint density at radius 1 is 1.21 bits per heavy atom. The zero-order chi connectivity index (χ0) is 20.5. The van der Waals surface area contributed by atoms with Crippen molar-refractivity contribution < 1.29 is 9.90 Å². The van der Waals surface area contributed by atoms with E-state index in [0.29, 0.717) is 32.7 Å². The standard InChI is InChI=1S/C16H9Br3N6O2S2/c17-8-1-7(2-9(18)13(8)19)4-25-5-10(23-24-25)15-22-14-16(29-15)20-3-11(21-14)28-6-12(26)27/h1-3,5H,4,6H2,(H,26,27). The van der Waals surface area contributed by atoms with E-state index in [1.807, 2.05) is 18.3 Å². The van der Waals surface area contributed by atoms with Crippen LogP contribution in [0.3, 0.4) is 0 Å². The monoisotopic (exact) mass is 618 g/mol. The van der Waals surface area contributed by atoms with E-state index in [1.54, 1.807) is 10.9 Å². The van der Waals surface area contributed by atoms with Gasteiger partial charge in [0.05, 0.1) is 24.7 Å². The molecule has 3 aromatic heterocycles. The molecule has 4 aromatic rings. The molecule has 0 radical (unpaired) electrons. The fourth-order valence-electron chi connectivity index (χ4n) is 2.38. The van der Waals surface area contributed by atoms with Crippen LogP contribution in [0.5, 0.6) is 0 Å². The number of hydrogen-bond donors (Lipinski definition) is 1. The van der Waals surface area contributed by atoms with Gasteiger partial charge >= 0.3 is 5.97 Å². The summed E-state index contributed by atoms with van der Waals surface area (Å²) >= 11 is 13.0. The van der Waals surface area contributed by atoms with Crippen LogP contribution in [0.1, 0.15) is 5.56 Å². The van der Waals surface area contributed by atoms with Gasteiger partial charge in [-0.3, -0.25) is 4.79 Å². The second kappa shape index (κ2) is 8.76. The SMILES string of the molecule is O=C(O)CSc1cnc2sc(-c3cn(Cc4cc(Br)c(Br)c(Br)c4)nn3)nc2n1. The number of thiazole rings is 1. The summed E-state index contributed by atoms with van der Waals surface area (Å²) in [5, 5.41) is 18.4. The maximum Gasteiger partial charge on any atom is 0.313 e. The number of carboxylic acid groups (broad SMARTS) is 1. The molecule has 29 heavy (non-hydrogen) atoms. The number of fused-ring (bicyclic) bond motifs is 1. The van der Waals surface area contributed by atoms with Crippen LogP contribution >= 0.6 is 70.9 Å². The summed E-state index contributed by atoms with van der Waals surface area (Å²) in [4.78, 5) is 24.5. The summed E-state index contributed by atoms with van der Waals surface area (Å²) in [6.07, 6.45) is 3.37. The van der Waals surface area contributed by atoms with Gasteiger partial charge in [0.2, 0.25) is 0 Å². The van der Waals surface area contributed by atoms with Crippen molar-refractivity contribution in [3.63, 3.8) is 0 Å². The normalized spacial score (nSPS) is 11.3. The summed E-state index contributed by atoms with van der Waals surface area (Å²) < 4.78 is 4.58. The molecule has 1 aromatic carbocycles. The number of carbonyl (C=O) groups is 1. The topological polar surface area (TPSA) is 107 Å². The second-order valence-electron chi connectivity index (χ2n) is 5.71. The maximum atomic E-state index is 10.7. The van der Waals surface area contributed by atoms with Gasteiger partial charge in [0.25, 0.3) is 0 Å². The van der Waals surface area contributed by atoms with E-state index >= 15 is 0 Å². The van der Waals surface area contributed by atoms with Crippen molar-refractivity contribution in [1.82, 2.24) is 29.9 Å². The highest BCUT2D eigenvalue weighted by Gasteiger charge is 2.14. The first-order valence-electron chi connectivity index (χ1n) is 7.91. The Bertz CT molecular complexity index is 1210. The number of aromatic nitrogens is 6. The molecule has 4 rings (SSSR count). The molecule has 0 atom stereocenters. The highest BCUT2D eigenvalue weighted by molar-refractivity contribution is 9.14. The zero-order valence-electron chi connectivity index (χ0n) is 14.2. The Morgan fingerprint density at radius 3 is 2.69 bits per heavy atom. The molecule has 148 valence electrons. The molecule has 1 N–H and O–H groups in total. The van der Waals surface area contributed by atoms with Crippen LogP contribution in [0.2, 0.25) is 0 Å². The van der Waals surface area contributed by atoms with Gasteiger partial charge in [0.15, 0.2) is 10.5 Å². The van der Waals surface area contributed by atoms with E-state index < -0.39 is 5.97 Å². The molecule has 13 heteroatoms. The van der Waals surface area contributed by atoms with E-state index in [-0.39, 0.29) is 5.75 Å². The molecule has 0 saturated carbocycles. The molecule has 0 bridgehead atoms. The van der Waals surface area contributed by atoms with Crippen molar-refractivity contribution in [3.8, 4) is 10.7 Å². The van der Waals surface area contributed by atoms with Crippen molar-refractivity contribution in [2.24, 2.45) is 0 Å². The zero-order valence-corrected chi connectivity index (χ0v) is 20.6. The van der Waals surface area contributed by atoms with Crippen LogP contribution in [0.25, 0.3) is 21.2 Å². The molecular weight excluding hydrogens is 612 g/mol. The molecule has 0 unspecified atom stereocenters. The number of halogens is 3. The van der Waals surface area contributed by atoms with E-state index in [4.69, 9.17) is 5.11 Å². The van der Waals surface area contributed by atoms with Gasteiger partial charge in [0.1, 0.15) is 15.7 Å². The van der Waals surface area contributed by atoms with E-state index in [1.165, 1.54) is 11.3 Å². The molecular formula is C16H9Br3N6O2S2. The van der Waals surface area contributed by atoms with Crippen molar-refractivity contribution in [3.05, 3.63) is 43.5 Å². The number of benzene rings is 1. The third-order valence-corrected chi connectivity index (χ3v) is 8.62. The van der Waals surface area contributed by atoms with Crippen molar-refractivity contribution >= 4 is 87.3 Å². The predicted molar refractivity (Wildman–Crippen MR) is 121 cm³/mol. The third kappa shape index (κ3) is 4.85. The van der Waals surface area contributed by atoms with Crippen LogP contribution < -0.4 is 0 Å². The summed E-state index contributed by atoms with van der Waals surface area (Å²) in [6.45, 7) is 0.550. The van der Waals surface area contributed by atoms with Gasteiger partial charge in [-0.15, -0.1) is 5.10 Å². The van der Waals surface area contributed by atoms with Gasteiger partial charge in [-0.2, -0.15) is 0 Å². The van der Waals surface area contributed by atoms with Crippen LogP contribution in [0, 0.1) is 0 Å². The number of aliphatic carboxylic acids is 1. The summed E-state index contributed by atoms with van der Waals surface area (Å²) in [6, 6.07) is 4.02. The van der Waals surface area contributed by atoms with Crippen LogP contribution in [-0.4, -0.2) is 46.8 Å². The Morgan fingerprint density at radius 2 is 1.97 bits per heavy atom. The molecule has 0 spiro atoms. The quantitative estimate of drug-likeness (QED) is 0.241. The minimum Gasteiger partial charge on any atom is -0.481 e. The Hall–Kier alpha value is -1.41.